The van der Waals surface area contributed by atoms with Crippen LogP contribution in [0.2, 0.25) is 0 Å². The van der Waals surface area contributed by atoms with Crippen molar-refractivity contribution in [3.05, 3.63) is 12.2 Å². The van der Waals surface area contributed by atoms with E-state index in [1.807, 2.05) is 0 Å². The summed E-state index contributed by atoms with van der Waals surface area (Å²) in [7, 11) is -3.75. The van der Waals surface area contributed by atoms with Crippen LogP contribution in [0.15, 0.2) is 12.2 Å². The largest absolute Gasteiger partial charge is 1.00 e. The molecule has 0 aromatic heterocycles. The van der Waals surface area contributed by atoms with Gasteiger partial charge in [0.2, 0.25) is 0 Å². The second-order valence-corrected chi connectivity index (χ2v) is 7.80. The van der Waals surface area contributed by atoms with Crippen molar-refractivity contribution >= 4 is 10.1 Å². The molecule has 0 aromatic carbocycles. The Labute approximate surface area is 168 Å². The number of hydrogen-bond acceptors (Lipinski definition) is 2. The Balaban J connectivity index is -0.00000220. The zero-order chi connectivity index (χ0) is 16.5. The predicted octanol–water partition coefficient (Wildman–Crippen LogP) is 3.03. The van der Waals surface area contributed by atoms with Gasteiger partial charge >= 0.3 is 29.6 Å². The van der Waals surface area contributed by atoms with Crippen molar-refractivity contribution in [3.63, 3.8) is 0 Å². The second-order valence-electron chi connectivity index (χ2n) is 6.22. The average Bonchev–Trinajstić information content (AvgIpc) is 2.45. The van der Waals surface area contributed by atoms with Crippen molar-refractivity contribution in [3.8, 4) is 0 Å². The summed E-state index contributed by atoms with van der Waals surface area (Å²) in [6, 6.07) is 0. The third-order valence-electron chi connectivity index (χ3n) is 3.91. The van der Waals surface area contributed by atoms with E-state index in [0.29, 0.717) is 6.42 Å². The Morgan fingerprint density at radius 2 is 1.13 bits per heavy atom. The van der Waals surface area contributed by atoms with Gasteiger partial charge in [0.1, 0.15) is 0 Å². The Hall–Kier alpha value is 0.650. The van der Waals surface area contributed by atoms with E-state index in [1.54, 1.807) is 0 Å². The molecule has 0 saturated carbocycles. The summed E-state index contributed by atoms with van der Waals surface area (Å²) in [4.78, 5) is 0. The van der Waals surface area contributed by atoms with Gasteiger partial charge in [-0.15, -0.1) is 0 Å². The predicted molar refractivity (Wildman–Crippen MR) is 97.0 cm³/mol. The maximum Gasteiger partial charge on any atom is 1.00 e. The van der Waals surface area contributed by atoms with Crippen LogP contribution in [-0.2, 0) is 10.1 Å². The molecule has 0 bridgehead atoms. The summed E-state index contributed by atoms with van der Waals surface area (Å²) in [6.45, 7) is 2.25. The van der Waals surface area contributed by atoms with Crippen LogP contribution < -0.4 is 29.6 Å². The molecule has 0 saturated heterocycles. The summed E-state index contributed by atoms with van der Waals surface area (Å²) >= 11 is 0. The van der Waals surface area contributed by atoms with Crippen molar-refractivity contribution in [1.82, 2.24) is 0 Å². The Morgan fingerprint density at radius 3 is 1.57 bits per heavy atom. The molecule has 0 rings (SSSR count). The van der Waals surface area contributed by atoms with Gasteiger partial charge in [0, 0.05) is 0 Å². The molecule has 0 aliphatic heterocycles. The summed E-state index contributed by atoms with van der Waals surface area (Å²) in [6.07, 6.45) is 21.4. The van der Waals surface area contributed by atoms with Gasteiger partial charge in [-0.25, -0.2) is 0 Å². The maximum absolute atomic E-state index is 10.5. The molecule has 0 unspecified atom stereocenters. The Bertz CT molecular complexity index is 359. The van der Waals surface area contributed by atoms with Crippen LogP contribution in [0.5, 0.6) is 0 Å². The van der Waals surface area contributed by atoms with E-state index in [4.69, 9.17) is 4.55 Å². The zero-order valence-corrected chi connectivity index (χ0v) is 18.2. The van der Waals surface area contributed by atoms with Crippen LogP contribution in [-0.4, -0.2) is 18.7 Å². The van der Waals surface area contributed by atoms with Gasteiger partial charge in [-0.05, 0) is 32.1 Å². The van der Waals surface area contributed by atoms with Crippen LogP contribution in [0.4, 0.5) is 0 Å². The van der Waals surface area contributed by atoms with E-state index in [9.17, 15) is 8.42 Å². The molecule has 134 valence electrons. The first-order valence-corrected chi connectivity index (χ1v) is 10.8. The van der Waals surface area contributed by atoms with E-state index in [2.05, 4.69) is 19.1 Å². The zero-order valence-electron chi connectivity index (χ0n) is 16.4. The third-order valence-corrected chi connectivity index (χ3v) is 4.72. The summed E-state index contributed by atoms with van der Waals surface area (Å²) in [5.74, 6) is -0.0891. The Morgan fingerprint density at radius 1 is 0.739 bits per heavy atom. The van der Waals surface area contributed by atoms with Crippen molar-refractivity contribution in [2.24, 2.45) is 0 Å². The fraction of sp³-hybridized carbons (Fsp3) is 0.889. The van der Waals surface area contributed by atoms with E-state index < -0.39 is 10.1 Å². The minimum absolute atomic E-state index is 0. The molecule has 3 nitrogen and oxygen atoms in total. The summed E-state index contributed by atoms with van der Waals surface area (Å²) < 4.78 is 29.7. The van der Waals surface area contributed by atoms with Gasteiger partial charge in [0.25, 0.3) is 10.1 Å². The van der Waals surface area contributed by atoms with Crippen molar-refractivity contribution in [2.45, 2.75) is 96.8 Å². The van der Waals surface area contributed by atoms with Crippen LogP contribution in [0.3, 0.4) is 0 Å². The van der Waals surface area contributed by atoms with Crippen molar-refractivity contribution in [1.29, 1.82) is 0 Å². The van der Waals surface area contributed by atoms with Gasteiger partial charge in [-0.1, -0.05) is 76.9 Å². The standard InChI is InChI=1S/C18H36O3S.Na.H/c1-2-3-4-5-6-7-8-9-10-11-12-13-14-15-16-17-18-22(19,20)21;;/h9-10H,2-8,11-18H2,1H3,(H,19,20,21);;/q;+1;-1/b10-9-;;. The minimum Gasteiger partial charge on any atom is -1.00 e. The first-order valence-electron chi connectivity index (χ1n) is 9.16. The van der Waals surface area contributed by atoms with Gasteiger partial charge in [-0.3, -0.25) is 4.55 Å². The average molecular weight is 357 g/mol. The summed E-state index contributed by atoms with van der Waals surface area (Å²) in [5, 5.41) is 0. The van der Waals surface area contributed by atoms with Gasteiger partial charge in [0.05, 0.1) is 5.75 Å². The fourth-order valence-corrected chi connectivity index (χ4v) is 3.10. The van der Waals surface area contributed by atoms with Crippen molar-refractivity contribution in [2.75, 3.05) is 5.75 Å². The molecule has 0 heterocycles. The van der Waals surface area contributed by atoms with E-state index >= 15 is 0 Å². The third kappa shape index (κ3) is 25.0. The molecule has 23 heavy (non-hydrogen) atoms. The second kappa shape index (κ2) is 19.0. The number of unbranched alkanes of at least 4 members (excludes halogenated alkanes) is 12. The number of rotatable bonds is 16. The van der Waals surface area contributed by atoms with E-state index in [-0.39, 0.29) is 36.7 Å². The molecule has 0 aromatic rings. The monoisotopic (exact) mass is 356 g/mol. The molecule has 1 N–H and O–H groups in total. The van der Waals surface area contributed by atoms with Gasteiger partial charge < -0.3 is 1.43 Å². The van der Waals surface area contributed by atoms with Gasteiger partial charge in [0.15, 0.2) is 0 Å². The number of hydrogen-bond donors (Lipinski definition) is 1. The molecular weight excluding hydrogens is 319 g/mol. The molecule has 0 spiro atoms. The molecule has 0 atom stereocenters. The quantitative estimate of drug-likeness (QED) is 0.200. The van der Waals surface area contributed by atoms with Gasteiger partial charge in [-0.2, -0.15) is 8.42 Å². The van der Waals surface area contributed by atoms with Crippen LogP contribution in [0, 0.1) is 0 Å². The van der Waals surface area contributed by atoms with Crippen LogP contribution in [0.1, 0.15) is 98.2 Å². The molecule has 0 fully saturated rings. The molecule has 0 amide bonds. The minimum atomic E-state index is -3.75. The topological polar surface area (TPSA) is 54.4 Å². The molecule has 0 aliphatic rings. The van der Waals surface area contributed by atoms with Crippen LogP contribution in [0.25, 0.3) is 0 Å². The first kappa shape index (κ1) is 25.9. The SMILES string of the molecule is CCCCCCCC/C=C\CCCCCCCCS(=O)(=O)O.[H-].[Na+]. The Kier molecular flexibility index (Phi) is 21.4. The molecule has 5 heteroatoms. The molecular formula is C18H37NaO3S. The van der Waals surface area contributed by atoms with Crippen molar-refractivity contribution < 1.29 is 44.0 Å². The van der Waals surface area contributed by atoms with Crippen LogP contribution >= 0.6 is 0 Å². The number of allylic oxidation sites excluding steroid dienone is 2. The molecule has 0 radical (unpaired) electrons. The normalized spacial score (nSPS) is 11.7. The molecule has 0 aliphatic carbocycles. The maximum atomic E-state index is 10.5. The van der Waals surface area contributed by atoms with E-state index in [1.165, 1.54) is 64.2 Å². The summed E-state index contributed by atoms with van der Waals surface area (Å²) in [5.41, 5.74) is 0. The van der Waals surface area contributed by atoms with E-state index in [0.717, 1.165) is 19.3 Å². The first-order chi connectivity index (χ1) is 10.6. The fourth-order valence-electron chi connectivity index (χ4n) is 2.53. The smallest absolute Gasteiger partial charge is 1.00 e.